The number of anilines is 2. The fourth-order valence-corrected chi connectivity index (χ4v) is 3.98. The van der Waals surface area contributed by atoms with Gasteiger partial charge in [-0.15, -0.1) is 0 Å². The lowest BCUT2D eigenvalue weighted by molar-refractivity contribution is -0.192. The number of aromatic nitrogens is 5. The topological polar surface area (TPSA) is 130 Å². The van der Waals surface area contributed by atoms with E-state index >= 15 is 0 Å². The number of carbonyl (C=O) groups excluding carboxylic acids is 1. The number of alkyl halides is 6. The molecule has 1 unspecified atom stereocenters. The maximum Gasteiger partial charge on any atom is 0.490 e. The number of nitrogens with zero attached hydrogens (tertiary/aromatic N) is 6. The van der Waals surface area contributed by atoms with Crippen molar-refractivity contribution >= 4 is 29.0 Å². The second-order valence-corrected chi connectivity index (χ2v) is 8.78. The van der Waals surface area contributed by atoms with Crippen LogP contribution in [-0.2, 0) is 18.0 Å². The Bertz CT molecular complexity index is 1330. The number of nitrogens with one attached hydrogen (secondary N) is 2. The average molecular weight is 548 g/mol. The lowest BCUT2D eigenvalue weighted by atomic mass is 10.1. The third-order valence-electron chi connectivity index (χ3n) is 5.91. The summed E-state index contributed by atoms with van der Waals surface area (Å²) in [5.74, 6) is -2.07. The first kappa shape index (κ1) is 27.2. The van der Waals surface area contributed by atoms with Crippen molar-refractivity contribution < 1.29 is 41.0 Å². The molecule has 0 bridgehead atoms. The van der Waals surface area contributed by atoms with E-state index in [4.69, 9.17) is 9.90 Å². The molecule has 5 rings (SSSR count). The molecule has 0 radical (unpaired) electrons. The number of piperazine rings is 1. The van der Waals surface area contributed by atoms with Crippen LogP contribution in [0.2, 0.25) is 0 Å². The van der Waals surface area contributed by atoms with Crippen molar-refractivity contribution in [3.8, 4) is 0 Å². The molecule has 1 saturated carbocycles. The van der Waals surface area contributed by atoms with E-state index in [-0.39, 0.29) is 11.2 Å². The van der Waals surface area contributed by atoms with Gasteiger partial charge in [0.05, 0.1) is 11.9 Å². The van der Waals surface area contributed by atoms with E-state index in [0.29, 0.717) is 17.8 Å². The smallest absolute Gasteiger partial charge is 0.475 e. The summed E-state index contributed by atoms with van der Waals surface area (Å²) in [4.78, 5) is 28.4. The van der Waals surface area contributed by atoms with Gasteiger partial charge in [0.15, 0.2) is 11.3 Å². The number of fused-ring (bicyclic) bond motifs is 1. The van der Waals surface area contributed by atoms with E-state index in [9.17, 15) is 31.1 Å². The van der Waals surface area contributed by atoms with Crippen LogP contribution < -0.4 is 15.5 Å². The van der Waals surface area contributed by atoms with Crippen LogP contribution >= 0.6 is 0 Å². The van der Waals surface area contributed by atoms with Crippen LogP contribution in [0.3, 0.4) is 0 Å². The van der Waals surface area contributed by atoms with Gasteiger partial charge in [-0.1, -0.05) is 0 Å². The van der Waals surface area contributed by atoms with Gasteiger partial charge in [-0.25, -0.2) is 14.3 Å². The zero-order valence-electron chi connectivity index (χ0n) is 19.7. The molecule has 3 aromatic heterocycles. The monoisotopic (exact) mass is 548 g/mol. The van der Waals surface area contributed by atoms with Gasteiger partial charge in [0.2, 0.25) is 0 Å². The van der Waals surface area contributed by atoms with Crippen molar-refractivity contribution in [1.82, 2.24) is 29.7 Å². The number of aryl methyl sites for hydroxylation is 1. The van der Waals surface area contributed by atoms with Crippen LogP contribution in [0.25, 0.3) is 5.65 Å². The molecular formula is C21H22F6N8O3. The fraction of sp³-hybridized carbons (Fsp3) is 0.476. The van der Waals surface area contributed by atoms with Crippen LogP contribution in [0, 0.1) is 5.92 Å². The summed E-state index contributed by atoms with van der Waals surface area (Å²) in [6.07, 6.45) is -3.18. The van der Waals surface area contributed by atoms with Crippen LogP contribution in [-0.4, -0.2) is 73.2 Å². The molecule has 38 heavy (non-hydrogen) atoms. The highest BCUT2D eigenvalue weighted by atomic mass is 19.4. The first-order chi connectivity index (χ1) is 17.7. The Hall–Kier alpha value is -3.89. The molecule has 1 amide bonds. The van der Waals surface area contributed by atoms with E-state index in [0.717, 1.165) is 30.5 Å². The van der Waals surface area contributed by atoms with Crippen LogP contribution in [0.15, 0.2) is 24.7 Å². The van der Waals surface area contributed by atoms with Gasteiger partial charge < -0.3 is 20.6 Å². The molecule has 1 aliphatic heterocycles. The Morgan fingerprint density at radius 3 is 2.47 bits per heavy atom. The second kappa shape index (κ2) is 10.1. The average Bonchev–Trinajstić information content (AvgIpc) is 3.49. The maximum absolute atomic E-state index is 13.2. The summed E-state index contributed by atoms with van der Waals surface area (Å²) in [5, 5.41) is 20.5. The molecule has 1 saturated heterocycles. The lowest BCUT2D eigenvalue weighted by Gasteiger charge is -2.34. The molecule has 3 N–H and O–H groups in total. The standard InChI is InChI=1S/C19H21F3N8O.C2HF3O2/c1-28-9-14(16(27-28)19(20,21)22)25-18(31)12-8-24-30-6-4-15(26-17(12)30)29-7-5-23-13(10-29)11-2-3-11;3-2(4,5)1(6)7/h4,6,8-9,11,13,23H,2-3,5,7,10H2,1H3,(H,25,31);(H,6,7). The van der Waals surface area contributed by atoms with Crippen LogP contribution in [0.1, 0.15) is 28.9 Å². The number of hydrogen-bond acceptors (Lipinski definition) is 7. The van der Waals surface area contributed by atoms with E-state index in [1.807, 2.05) is 6.07 Å². The Balaban J connectivity index is 0.000000426. The van der Waals surface area contributed by atoms with Gasteiger partial charge in [-0.2, -0.15) is 36.5 Å². The number of halogens is 6. The maximum atomic E-state index is 13.2. The Labute approximate surface area is 210 Å². The van der Waals surface area contributed by atoms with Gasteiger partial charge in [-0.3, -0.25) is 9.48 Å². The lowest BCUT2D eigenvalue weighted by Crippen LogP contribution is -2.52. The summed E-state index contributed by atoms with van der Waals surface area (Å²) in [7, 11) is 1.36. The first-order valence-corrected chi connectivity index (χ1v) is 11.3. The normalized spacial score (nSPS) is 18.2. The fourth-order valence-electron chi connectivity index (χ4n) is 3.98. The molecule has 17 heteroatoms. The molecule has 2 fully saturated rings. The largest absolute Gasteiger partial charge is 0.490 e. The van der Waals surface area contributed by atoms with Gasteiger partial charge in [0.1, 0.15) is 11.4 Å². The third kappa shape index (κ3) is 6.15. The van der Waals surface area contributed by atoms with Crippen molar-refractivity contribution in [3.63, 3.8) is 0 Å². The van der Waals surface area contributed by atoms with Crippen molar-refractivity contribution in [2.45, 2.75) is 31.2 Å². The van der Waals surface area contributed by atoms with Crippen molar-refractivity contribution in [2.75, 3.05) is 29.9 Å². The minimum atomic E-state index is -5.08. The van der Waals surface area contributed by atoms with Crippen LogP contribution in [0.5, 0.6) is 0 Å². The second-order valence-electron chi connectivity index (χ2n) is 8.78. The Morgan fingerprint density at radius 2 is 1.87 bits per heavy atom. The van der Waals surface area contributed by atoms with Gasteiger partial charge in [-0.05, 0) is 24.8 Å². The number of carbonyl (C=O) groups is 2. The zero-order valence-corrected chi connectivity index (χ0v) is 19.7. The molecule has 1 aliphatic carbocycles. The minimum absolute atomic E-state index is 0.0905. The summed E-state index contributed by atoms with van der Waals surface area (Å²) >= 11 is 0. The molecule has 0 aromatic carbocycles. The minimum Gasteiger partial charge on any atom is -0.475 e. The summed E-state index contributed by atoms with van der Waals surface area (Å²) < 4.78 is 73.8. The molecule has 4 heterocycles. The molecule has 2 aliphatic rings. The number of carboxylic acids is 1. The predicted octanol–water partition coefficient (Wildman–Crippen LogP) is 2.56. The molecule has 0 spiro atoms. The molecule has 11 nitrogen and oxygen atoms in total. The zero-order chi connectivity index (χ0) is 27.8. The Morgan fingerprint density at radius 1 is 1.18 bits per heavy atom. The number of amides is 1. The van der Waals surface area contributed by atoms with Gasteiger partial charge in [0.25, 0.3) is 5.91 Å². The van der Waals surface area contributed by atoms with E-state index in [1.165, 1.54) is 30.6 Å². The van der Waals surface area contributed by atoms with Crippen molar-refractivity contribution in [3.05, 3.63) is 35.9 Å². The van der Waals surface area contributed by atoms with Gasteiger partial charge >= 0.3 is 18.3 Å². The molecule has 3 aromatic rings. The van der Waals surface area contributed by atoms with E-state index in [1.54, 1.807) is 6.20 Å². The number of rotatable bonds is 4. The highest BCUT2D eigenvalue weighted by Gasteiger charge is 2.39. The number of aliphatic carboxylic acids is 1. The predicted molar refractivity (Wildman–Crippen MR) is 120 cm³/mol. The molecule has 1 atom stereocenters. The number of carboxylic acid groups (broad SMARTS) is 1. The van der Waals surface area contributed by atoms with Crippen molar-refractivity contribution in [2.24, 2.45) is 13.0 Å². The van der Waals surface area contributed by atoms with E-state index < -0.39 is 35.6 Å². The summed E-state index contributed by atoms with van der Waals surface area (Å²) in [6.45, 7) is 2.46. The third-order valence-corrected chi connectivity index (χ3v) is 5.91. The number of hydrogen-bond donors (Lipinski definition) is 3. The Kier molecular flexibility index (Phi) is 7.22. The highest BCUT2D eigenvalue weighted by Crippen LogP contribution is 2.35. The summed E-state index contributed by atoms with van der Waals surface area (Å²) in [5.41, 5.74) is -1.19. The van der Waals surface area contributed by atoms with Crippen LogP contribution in [0.4, 0.5) is 37.8 Å². The van der Waals surface area contributed by atoms with Gasteiger partial charge in [0, 0.05) is 45.1 Å². The summed E-state index contributed by atoms with van der Waals surface area (Å²) in [6, 6.07) is 2.26. The molecule has 206 valence electrons. The van der Waals surface area contributed by atoms with E-state index in [2.05, 4.69) is 30.7 Å². The first-order valence-electron chi connectivity index (χ1n) is 11.3. The highest BCUT2D eigenvalue weighted by molar-refractivity contribution is 6.08. The quantitative estimate of drug-likeness (QED) is 0.425. The van der Waals surface area contributed by atoms with Crippen molar-refractivity contribution in [1.29, 1.82) is 0 Å². The molecular weight excluding hydrogens is 526 g/mol. The SMILES string of the molecule is Cn1cc(NC(=O)c2cnn3ccc(N4CCNC(C5CC5)C4)nc23)c(C(F)(F)F)n1.O=C(O)C(F)(F)F.